The third kappa shape index (κ3) is 3.95. The summed E-state index contributed by atoms with van der Waals surface area (Å²) in [6.45, 7) is 4.46. The third-order valence-electron chi connectivity index (χ3n) is 3.38. The Bertz CT molecular complexity index is 544. The molecule has 0 unspecified atom stereocenters. The number of hydrogen-bond acceptors (Lipinski definition) is 2. The first-order valence-electron chi connectivity index (χ1n) is 6.83. The first-order valence-corrected chi connectivity index (χ1v) is 6.83. The summed E-state index contributed by atoms with van der Waals surface area (Å²) in [5.41, 5.74) is 1.95. The van der Waals surface area contributed by atoms with Crippen LogP contribution in [0.25, 0.3) is 0 Å². The molecule has 0 bridgehead atoms. The molecular weight excluding hydrogens is 248 g/mol. The van der Waals surface area contributed by atoms with Gasteiger partial charge in [0.25, 0.3) is 0 Å². The molecule has 104 valence electrons. The smallest absolute Gasteiger partial charge is 0.307 e. The van der Waals surface area contributed by atoms with Gasteiger partial charge in [-0.05, 0) is 11.1 Å². The molecular formula is C18H20O2. The average molecular weight is 268 g/mol. The van der Waals surface area contributed by atoms with E-state index in [-0.39, 0.29) is 11.4 Å². The van der Waals surface area contributed by atoms with Crippen LogP contribution in [-0.2, 0) is 21.6 Å². The Morgan fingerprint density at radius 3 is 2.10 bits per heavy atom. The second-order valence-corrected chi connectivity index (χ2v) is 5.57. The Morgan fingerprint density at radius 2 is 1.50 bits per heavy atom. The Labute approximate surface area is 120 Å². The zero-order chi connectivity index (χ0) is 14.4. The molecule has 0 aliphatic carbocycles. The largest absolute Gasteiger partial charge is 0.461 e. The van der Waals surface area contributed by atoms with Gasteiger partial charge in [-0.1, -0.05) is 74.5 Å². The van der Waals surface area contributed by atoms with E-state index in [1.807, 2.05) is 60.7 Å². The molecule has 0 heterocycles. The number of ether oxygens (including phenoxy) is 1. The maximum absolute atomic E-state index is 12.0. The molecule has 2 heteroatoms. The van der Waals surface area contributed by atoms with E-state index in [2.05, 4.69) is 13.8 Å². The van der Waals surface area contributed by atoms with Crippen molar-refractivity contribution in [2.75, 3.05) is 0 Å². The molecule has 0 saturated carbocycles. The van der Waals surface area contributed by atoms with E-state index >= 15 is 0 Å². The number of benzene rings is 2. The lowest BCUT2D eigenvalue weighted by Gasteiger charge is -2.24. The minimum Gasteiger partial charge on any atom is -0.461 e. The van der Waals surface area contributed by atoms with Crippen LogP contribution in [0.15, 0.2) is 60.7 Å². The molecule has 0 atom stereocenters. The van der Waals surface area contributed by atoms with Crippen molar-refractivity contribution in [2.45, 2.75) is 32.3 Å². The van der Waals surface area contributed by atoms with Crippen molar-refractivity contribution in [2.24, 2.45) is 0 Å². The first-order chi connectivity index (χ1) is 9.58. The summed E-state index contributed by atoms with van der Waals surface area (Å²) in [6.07, 6.45) is 0.379. The van der Waals surface area contributed by atoms with Crippen LogP contribution >= 0.6 is 0 Å². The van der Waals surface area contributed by atoms with E-state index in [9.17, 15) is 4.79 Å². The van der Waals surface area contributed by atoms with Gasteiger partial charge in [-0.2, -0.15) is 0 Å². The normalized spacial score (nSPS) is 11.1. The molecule has 0 spiro atoms. The molecule has 0 fully saturated rings. The SMILES string of the molecule is CC(C)(CC(=O)OCc1ccccc1)c1ccccc1. The summed E-state index contributed by atoms with van der Waals surface area (Å²) in [5.74, 6) is -0.164. The minimum atomic E-state index is -0.213. The number of hydrogen-bond donors (Lipinski definition) is 0. The van der Waals surface area contributed by atoms with Gasteiger partial charge < -0.3 is 4.74 Å². The lowest BCUT2D eigenvalue weighted by atomic mass is 9.82. The summed E-state index contributed by atoms with van der Waals surface area (Å²) < 4.78 is 5.35. The molecule has 2 aromatic rings. The highest BCUT2D eigenvalue weighted by atomic mass is 16.5. The van der Waals surface area contributed by atoms with Crippen molar-refractivity contribution in [3.05, 3.63) is 71.8 Å². The highest BCUT2D eigenvalue weighted by Crippen LogP contribution is 2.27. The zero-order valence-corrected chi connectivity index (χ0v) is 12.0. The Hall–Kier alpha value is -2.09. The number of carbonyl (C=O) groups is 1. The Morgan fingerprint density at radius 1 is 0.950 bits per heavy atom. The van der Waals surface area contributed by atoms with Crippen molar-refractivity contribution >= 4 is 5.97 Å². The van der Waals surface area contributed by atoms with Crippen molar-refractivity contribution in [1.29, 1.82) is 0 Å². The molecule has 0 aliphatic rings. The van der Waals surface area contributed by atoms with Crippen molar-refractivity contribution in [3.63, 3.8) is 0 Å². The summed E-state index contributed by atoms with van der Waals surface area (Å²) in [4.78, 5) is 12.0. The van der Waals surface area contributed by atoms with Crippen LogP contribution in [0.1, 0.15) is 31.4 Å². The summed E-state index contributed by atoms with van der Waals surface area (Å²) in [6, 6.07) is 19.8. The fourth-order valence-corrected chi connectivity index (χ4v) is 2.14. The fraction of sp³-hybridized carbons (Fsp3) is 0.278. The van der Waals surface area contributed by atoms with Crippen molar-refractivity contribution in [1.82, 2.24) is 0 Å². The molecule has 20 heavy (non-hydrogen) atoms. The molecule has 0 N–H and O–H groups in total. The van der Waals surface area contributed by atoms with Crippen LogP contribution in [-0.4, -0.2) is 5.97 Å². The van der Waals surface area contributed by atoms with E-state index < -0.39 is 0 Å². The van der Waals surface area contributed by atoms with Gasteiger partial charge in [0.05, 0.1) is 6.42 Å². The zero-order valence-electron chi connectivity index (χ0n) is 12.0. The van der Waals surface area contributed by atoms with Crippen LogP contribution in [0.5, 0.6) is 0 Å². The van der Waals surface area contributed by atoms with E-state index in [1.54, 1.807) is 0 Å². The predicted molar refractivity (Wildman–Crippen MR) is 80.3 cm³/mol. The monoisotopic (exact) mass is 268 g/mol. The van der Waals surface area contributed by atoms with Crippen LogP contribution in [0, 0.1) is 0 Å². The standard InChI is InChI=1S/C18H20O2/c1-18(2,16-11-7-4-8-12-16)13-17(19)20-14-15-9-5-3-6-10-15/h3-12H,13-14H2,1-2H3. The van der Waals surface area contributed by atoms with Crippen LogP contribution < -0.4 is 0 Å². The fourth-order valence-electron chi connectivity index (χ4n) is 2.14. The van der Waals surface area contributed by atoms with Gasteiger partial charge in [-0.15, -0.1) is 0 Å². The average Bonchev–Trinajstić information content (AvgIpc) is 2.47. The number of rotatable bonds is 5. The molecule has 2 aromatic carbocycles. The second kappa shape index (κ2) is 6.38. The summed E-state index contributed by atoms with van der Waals surface area (Å²) >= 11 is 0. The van der Waals surface area contributed by atoms with E-state index in [0.717, 1.165) is 11.1 Å². The van der Waals surface area contributed by atoms with E-state index in [0.29, 0.717) is 13.0 Å². The van der Waals surface area contributed by atoms with Crippen molar-refractivity contribution in [3.8, 4) is 0 Å². The maximum atomic E-state index is 12.0. The minimum absolute atomic E-state index is 0.164. The van der Waals surface area contributed by atoms with Gasteiger partial charge in [-0.25, -0.2) is 0 Å². The third-order valence-corrected chi connectivity index (χ3v) is 3.38. The van der Waals surface area contributed by atoms with E-state index in [1.165, 1.54) is 0 Å². The van der Waals surface area contributed by atoms with Crippen molar-refractivity contribution < 1.29 is 9.53 Å². The molecule has 2 nitrogen and oxygen atoms in total. The molecule has 0 saturated heterocycles. The molecule has 0 aliphatic heterocycles. The van der Waals surface area contributed by atoms with Crippen LogP contribution in [0.2, 0.25) is 0 Å². The predicted octanol–water partition coefficient (Wildman–Crippen LogP) is 4.10. The lowest BCUT2D eigenvalue weighted by Crippen LogP contribution is -2.23. The van der Waals surface area contributed by atoms with Gasteiger partial charge in [0.1, 0.15) is 6.61 Å². The maximum Gasteiger partial charge on any atom is 0.307 e. The second-order valence-electron chi connectivity index (χ2n) is 5.57. The Kier molecular flexibility index (Phi) is 4.57. The molecule has 0 radical (unpaired) electrons. The highest BCUT2D eigenvalue weighted by molar-refractivity contribution is 5.71. The van der Waals surface area contributed by atoms with Gasteiger partial charge in [0, 0.05) is 5.41 Å². The summed E-state index contributed by atoms with van der Waals surface area (Å²) in [7, 11) is 0. The van der Waals surface area contributed by atoms with Crippen LogP contribution in [0.3, 0.4) is 0 Å². The summed E-state index contributed by atoms with van der Waals surface area (Å²) in [5, 5.41) is 0. The molecule has 2 rings (SSSR count). The van der Waals surface area contributed by atoms with E-state index in [4.69, 9.17) is 4.74 Å². The quantitative estimate of drug-likeness (QED) is 0.763. The number of esters is 1. The van der Waals surface area contributed by atoms with Gasteiger partial charge >= 0.3 is 5.97 Å². The lowest BCUT2D eigenvalue weighted by molar-refractivity contribution is -0.146. The highest BCUT2D eigenvalue weighted by Gasteiger charge is 2.24. The van der Waals surface area contributed by atoms with Gasteiger partial charge in [-0.3, -0.25) is 4.79 Å². The first kappa shape index (κ1) is 14.3. The van der Waals surface area contributed by atoms with Gasteiger partial charge in [0.15, 0.2) is 0 Å². The molecule has 0 amide bonds. The Balaban J connectivity index is 1.91. The molecule has 0 aromatic heterocycles. The number of carbonyl (C=O) groups excluding carboxylic acids is 1. The van der Waals surface area contributed by atoms with Gasteiger partial charge in [0.2, 0.25) is 0 Å². The topological polar surface area (TPSA) is 26.3 Å². The van der Waals surface area contributed by atoms with Crippen LogP contribution in [0.4, 0.5) is 0 Å².